The maximum atomic E-state index is 14.0. The van der Waals surface area contributed by atoms with Crippen LogP contribution in [0.15, 0.2) is 42.5 Å². The van der Waals surface area contributed by atoms with E-state index in [2.05, 4.69) is 0 Å². The van der Waals surface area contributed by atoms with Crippen LogP contribution < -0.4 is 0 Å². The molecule has 0 atom stereocenters. The fourth-order valence-corrected chi connectivity index (χ4v) is 3.22. The van der Waals surface area contributed by atoms with Crippen molar-refractivity contribution in [3.63, 3.8) is 0 Å². The zero-order valence-corrected chi connectivity index (χ0v) is 14.2. The van der Waals surface area contributed by atoms with Crippen molar-refractivity contribution in [3.8, 4) is 0 Å². The van der Waals surface area contributed by atoms with Crippen molar-refractivity contribution in [2.24, 2.45) is 0 Å². The number of amides is 3. The minimum atomic E-state index is -0.410. The first-order chi connectivity index (χ1) is 12.5. The molecule has 0 spiro atoms. The Morgan fingerprint density at radius 3 is 2.50 bits per heavy atom. The van der Waals surface area contributed by atoms with Crippen LogP contribution in [0.5, 0.6) is 0 Å². The summed E-state index contributed by atoms with van der Waals surface area (Å²) < 4.78 is 14.0. The molecule has 1 heterocycles. The maximum Gasteiger partial charge on any atom is 0.261 e. The van der Waals surface area contributed by atoms with Crippen LogP contribution in [0, 0.1) is 5.82 Å². The lowest BCUT2D eigenvalue weighted by Gasteiger charge is -2.23. The number of halogens is 1. The average molecular weight is 352 g/mol. The molecule has 0 aromatic heterocycles. The Balaban J connectivity index is 1.65. The predicted molar refractivity (Wildman–Crippen MR) is 92.2 cm³/mol. The van der Waals surface area contributed by atoms with E-state index in [0.717, 1.165) is 17.7 Å². The van der Waals surface area contributed by atoms with E-state index in [0.29, 0.717) is 16.7 Å². The van der Waals surface area contributed by atoms with Gasteiger partial charge in [0.05, 0.1) is 11.1 Å². The molecule has 0 unspecified atom stereocenters. The normalized spacial score (nSPS) is 16.0. The van der Waals surface area contributed by atoms with Gasteiger partial charge in [0.2, 0.25) is 0 Å². The van der Waals surface area contributed by atoms with E-state index in [1.807, 2.05) is 0 Å². The molecule has 132 valence electrons. The van der Waals surface area contributed by atoms with Crippen molar-refractivity contribution >= 4 is 17.7 Å². The van der Waals surface area contributed by atoms with Gasteiger partial charge < -0.3 is 4.90 Å². The Bertz CT molecular complexity index is 936. The summed E-state index contributed by atoms with van der Waals surface area (Å²) in [5.74, 6) is -1.38. The molecule has 4 rings (SSSR count). The Morgan fingerprint density at radius 2 is 1.81 bits per heavy atom. The smallest absolute Gasteiger partial charge is 0.261 e. The van der Waals surface area contributed by atoms with Crippen molar-refractivity contribution in [1.29, 1.82) is 0 Å². The van der Waals surface area contributed by atoms with Crippen molar-refractivity contribution in [2.75, 3.05) is 7.05 Å². The minimum absolute atomic E-state index is 0.0790. The zero-order chi connectivity index (χ0) is 18.4. The lowest BCUT2D eigenvalue weighted by Crippen LogP contribution is -2.33. The largest absolute Gasteiger partial charge is 0.331 e. The second kappa shape index (κ2) is 6.05. The monoisotopic (exact) mass is 352 g/mol. The number of hydrogen-bond donors (Lipinski definition) is 0. The molecule has 26 heavy (non-hydrogen) atoms. The third-order valence-corrected chi connectivity index (χ3v) is 4.88. The van der Waals surface area contributed by atoms with E-state index in [9.17, 15) is 18.8 Å². The van der Waals surface area contributed by atoms with Gasteiger partial charge in [-0.25, -0.2) is 4.39 Å². The highest BCUT2D eigenvalue weighted by Crippen LogP contribution is 2.31. The second-order valence-corrected chi connectivity index (χ2v) is 6.69. The van der Waals surface area contributed by atoms with Crippen molar-refractivity contribution < 1.29 is 18.8 Å². The zero-order valence-electron chi connectivity index (χ0n) is 14.2. The topological polar surface area (TPSA) is 57.7 Å². The summed E-state index contributed by atoms with van der Waals surface area (Å²) in [6, 6.07) is 11.0. The summed E-state index contributed by atoms with van der Waals surface area (Å²) in [6.45, 7) is 0.181. The summed E-state index contributed by atoms with van der Waals surface area (Å²) in [5.41, 5.74) is 1.34. The molecule has 1 fully saturated rings. The molecule has 2 aromatic rings. The highest BCUT2D eigenvalue weighted by Gasteiger charge is 2.36. The van der Waals surface area contributed by atoms with Crippen molar-refractivity contribution in [3.05, 3.63) is 70.5 Å². The highest BCUT2D eigenvalue weighted by atomic mass is 19.1. The van der Waals surface area contributed by atoms with Crippen molar-refractivity contribution in [1.82, 2.24) is 9.80 Å². The summed E-state index contributed by atoms with van der Waals surface area (Å²) >= 11 is 0. The first-order valence-electron chi connectivity index (χ1n) is 8.48. The number of nitrogens with zero attached hydrogens (tertiary/aromatic N) is 2. The molecule has 0 N–H and O–H groups in total. The second-order valence-electron chi connectivity index (χ2n) is 6.69. The molecule has 2 aromatic carbocycles. The van der Waals surface area contributed by atoms with Crippen LogP contribution in [0.3, 0.4) is 0 Å². The number of hydrogen-bond acceptors (Lipinski definition) is 3. The van der Waals surface area contributed by atoms with Gasteiger partial charge in [-0.1, -0.05) is 18.2 Å². The quantitative estimate of drug-likeness (QED) is 0.795. The SMILES string of the molecule is CN1C(=O)c2ccc(C(=O)N(Cc3ccccc3F)C3CC3)cc2C1=O. The number of fused-ring (bicyclic) bond motifs is 1. The first kappa shape index (κ1) is 16.4. The summed E-state index contributed by atoms with van der Waals surface area (Å²) in [6.07, 6.45) is 1.76. The standard InChI is InChI=1S/C20H17FN2O3/c1-22-19(25)15-9-6-12(10-16(15)20(22)26)18(24)23(14-7-8-14)11-13-4-2-3-5-17(13)21/h2-6,9-10,14H,7-8,11H2,1H3. The molecule has 1 aliphatic carbocycles. The number of rotatable bonds is 4. The lowest BCUT2D eigenvalue weighted by atomic mass is 10.0. The fraction of sp³-hybridized carbons (Fsp3) is 0.250. The third kappa shape index (κ3) is 2.67. The van der Waals surface area contributed by atoms with E-state index < -0.39 is 5.91 Å². The van der Waals surface area contributed by atoms with Gasteiger partial charge in [0.15, 0.2) is 0 Å². The van der Waals surface area contributed by atoms with Gasteiger partial charge in [-0.15, -0.1) is 0 Å². The van der Waals surface area contributed by atoms with Gasteiger partial charge in [0.1, 0.15) is 5.82 Å². The number of carbonyl (C=O) groups is 3. The van der Waals surface area contributed by atoms with E-state index in [-0.39, 0.29) is 35.8 Å². The first-order valence-corrected chi connectivity index (χ1v) is 8.48. The molecular formula is C20H17FN2O3. The third-order valence-electron chi connectivity index (χ3n) is 4.88. The van der Waals surface area contributed by atoms with Gasteiger partial charge in [-0.3, -0.25) is 19.3 Å². The molecule has 0 saturated heterocycles. The summed E-state index contributed by atoms with van der Waals surface area (Å²) in [7, 11) is 1.42. The summed E-state index contributed by atoms with van der Waals surface area (Å²) in [4.78, 5) is 39.8. The Morgan fingerprint density at radius 1 is 1.12 bits per heavy atom. The Kier molecular flexibility index (Phi) is 3.83. The van der Waals surface area contributed by atoms with Crippen LogP contribution in [0.25, 0.3) is 0 Å². The fourth-order valence-electron chi connectivity index (χ4n) is 3.22. The molecule has 2 aliphatic rings. The maximum absolute atomic E-state index is 14.0. The van der Waals surface area contributed by atoms with E-state index in [1.54, 1.807) is 29.2 Å². The van der Waals surface area contributed by atoms with Gasteiger partial charge >= 0.3 is 0 Å². The highest BCUT2D eigenvalue weighted by molar-refractivity contribution is 6.21. The molecule has 0 bridgehead atoms. The number of benzene rings is 2. The minimum Gasteiger partial charge on any atom is -0.331 e. The average Bonchev–Trinajstić information content (AvgIpc) is 3.46. The molecule has 3 amide bonds. The van der Waals surface area contributed by atoms with Crippen LogP contribution >= 0.6 is 0 Å². The lowest BCUT2D eigenvalue weighted by molar-refractivity contribution is 0.0691. The van der Waals surface area contributed by atoms with Gasteiger partial charge in [-0.2, -0.15) is 0 Å². The molecular weight excluding hydrogens is 335 g/mol. The van der Waals surface area contributed by atoms with Gasteiger partial charge in [0.25, 0.3) is 17.7 Å². The van der Waals surface area contributed by atoms with Crippen LogP contribution in [-0.2, 0) is 6.54 Å². The van der Waals surface area contributed by atoms with Gasteiger partial charge in [-0.05, 0) is 37.1 Å². The van der Waals surface area contributed by atoms with Crippen LogP contribution in [0.2, 0.25) is 0 Å². The molecule has 5 nitrogen and oxygen atoms in total. The van der Waals surface area contributed by atoms with Crippen LogP contribution in [-0.4, -0.2) is 40.6 Å². The molecule has 1 aliphatic heterocycles. The number of imide groups is 1. The summed E-state index contributed by atoms with van der Waals surface area (Å²) in [5, 5.41) is 0. The van der Waals surface area contributed by atoms with Crippen LogP contribution in [0.1, 0.15) is 49.5 Å². The predicted octanol–water partition coefficient (Wildman–Crippen LogP) is 2.86. The van der Waals surface area contributed by atoms with E-state index >= 15 is 0 Å². The molecule has 1 saturated carbocycles. The molecule has 0 radical (unpaired) electrons. The number of carbonyl (C=O) groups excluding carboxylic acids is 3. The Labute approximate surface area is 150 Å². The Hall–Kier alpha value is -3.02. The van der Waals surface area contributed by atoms with Crippen molar-refractivity contribution in [2.45, 2.75) is 25.4 Å². The van der Waals surface area contributed by atoms with E-state index in [1.165, 1.54) is 25.2 Å². The van der Waals surface area contributed by atoms with E-state index in [4.69, 9.17) is 0 Å². The molecule has 6 heteroatoms. The van der Waals surface area contributed by atoms with Crippen LogP contribution in [0.4, 0.5) is 4.39 Å². The van der Waals surface area contributed by atoms with Gasteiger partial charge in [0, 0.05) is 30.8 Å².